The van der Waals surface area contributed by atoms with Gasteiger partial charge < -0.3 is 21.3 Å². The highest BCUT2D eigenvalue weighted by molar-refractivity contribution is 7.90. The smallest absolute Gasteiger partial charge is 0.295 e. The van der Waals surface area contributed by atoms with E-state index in [-0.39, 0.29) is 120 Å². The first kappa shape index (κ1) is 88.2. The van der Waals surface area contributed by atoms with Crippen LogP contribution in [0.4, 0.5) is 23.3 Å². The molecule has 7 saturated carbocycles. The molecule has 0 amide bonds. The summed E-state index contributed by atoms with van der Waals surface area (Å²) in [5.74, 6) is 4.78. The van der Waals surface area contributed by atoms with Gasteiger partial charge >= 0.3 is 0 Å². The van der Waals surface area contributed by atoms with Gasteiger partial charge in [0.25, 0.3) is 22.2 Å². The molecule has 1 unspecified atom stereocenters. The number of hydrogen-bond donors (Lipinski definition) is 5. The minimum Gasteiger partial charge on any atom is -0.365 e. The number of fused-ring (bicyclic) bond motifs is 5. The molecule has 7 aliphatic carbocycles. The van der Waals surface area contributed by atoms with Crippen molar-refractivity contribution >= 4 is 154 Å². The molecule has 0 bridgehead atoms. The second kappa shape index (κ2) is 35.4. The van der Waals surface area contributed by atoms with Gasteiger partial charge in [-0.25, -0.2) is 91.2 Å². The van der Waals surface area contributed by atoms with E-state index in [1.165, 1.54) is 16.7 Å². The lowest BCUT2D eigenvalue weighted by molar-refractivity contribution is -0.0477. The van der Waals surface area contributed by atoms with E-state index in [4.69, 9.17) is 51.7 Å². The van der Waals surface area contributed by atoms with Crippen LogP contribution in [0.1, 0.15) is 163 Å². The van der Waals surface area contributed by atoms with Crippen molar-refractivity contribution in [3.8, 4) is 6.07 Å². The van der Waals surface area contributed by atoms with E-state index in [2.05, 4.69) is 85.8 Å². The quantitative estimate of drug-likeness (QED) is 0.0279. The van der Waals surface area contributed by atoms with Crippen LogP contribution in [0.3, 0.4) is 0 Å². The van der Waals surface area contributed by atoms with Gasteiger partial charge in [0.15, 0.2) is 51.6 Å². The molecule has 11 heterocycles. The summed E-state index contributed by atoms with van der Waals surface area (Å²) in [5, 5.41) is 21.9. The Morgan fingerprint density at radius 2 is 0.769 bits per heavy atom. The van der Waals surface area contributed by atoms with Crippen LogP contribution in [0.5, 0.6) is 0 Å². The van der Waals surface area contributed by atoms with Crippen LogP contribution in [0.2, 0.25) is 21.1 Å². The summed E-state index contributed by atoms with van der Waals surface area (Å²) in [6, 6.07) is 1.72. The number of rotatable bonds is 29. The Labute approximate surface area is 720 Å². The minimum atomic E-state index is -3.51. The highest BCUT2D eigenvalue weighted by Gasteiger charge is 2.58. The van der Waals surface area contributed by atoms with E-state index >= 15 is 0 Å². The molecule has 18 rings (SSSR count). The number of piperidine rings is 2. The van der Waals surface area contributed by atoms with E-state index in [9.17, 15) is 52.8 Å². The van der Waals surface area contributed by atoms with Crippen molar-refractivity contribution in [2.24, 2.45) is 64.6 Å². The third-order valence-corrected chi connectivity index (χ3v) is 33.3. The summed E-state index contributed by atoms with van der Waals surface area (Å²) >= 11 is 23.9. The number of nitriles is 1. The Morgan fingerprint density at radius 1 is 0.438 bits per heavy atom. The van der Waals surface area contributed by atoms with Gasteiger partial charge in [-0.1, -0.05) is 0 Å². The molecular weight excluding hydrogens is 1730 g/mol. The third-order valence-electron chi connectivity index (χ3n) is 25.9. The fraction of sp³-hybridized carbons (Fsp3) is 0.671. The summed E-state index contributed by atoms with van der Waals surface area (Å²) in [7, 11) is -12.9. The van der Waals surface area contributed by atoms with Crippen molar-refractivity contribution in [2.45, 2.75) is 169 Å². The zero-order valence-corrected chi connectivity index (χ0v) is 74.5. The Bertz CT molecular complexity index is 6060. The molecule has 37 nitrogen and oxygen atoms in total. The molecule has 3 saturated heterocycles. The van der Waals surface area contributed by atoms with Crippen molar-refractivity contribution in [1.82, 2.24) is 95.7 Å². The van der Waals surface area contributed by atoms with E-state index in [1.807, 2.05) is 27.7 Å². The van der Waals surface area contributed by atoms with Crippen LogP contribution in [0.25, 0.3) is 44.7 Å². The zero-order valence-electron chi connectivity index (χ0n) is 68.3. The zero-order chi connectivity index (χ0) is 86.1. The van der Waals surface area contributed by atoms with Gasteiger partial charge in [-0.3, -0.25) is 37.4 Å². The molecule has 7 atom stereocenters. The van der Waals surface area contributed by atoms with Crippen LogP contribution in [-0.4, -0.2) is 219 Å². The number of halogens is 4. The van der Waals surface area contributed by atoms with Gasteiger partial charge in [-0.15, -0.1) is 0 Å². The highest BCUT2D eigenvalue weighted by Crippen LogP contribution is 2.54. The number of hydrogen-bond acceptors (Lipinski definition) is 29. The predicted octanol–water partition coefficient (Wildman–Crippen LogP) is 7.76. The summed E-state index contributed by atoms with van der Waals surface area (Å²) in [6.45, 7) is 18.5. The maximum Gasteiger partial charge on any atom is 0.295 e. The number of aromatic nitrogens is 16. The lowest BCUT2D eigenvalue weighted by Gasteiger charge is -2.58. The van der Waals surface area contributed by atoms with Crippen LogP contribution in [0.15, 0.2) is 44.0 Å². The number of nitrogens with one attached hydrogen (secondary N) is 5. The van der Waals surface area contributed by atoms with Crippen LogP contribution >= 0.6 is 46.4 Å². The maximum atomic E-state index is 13.2. The molecule has 3 aliphatic heterocycles. The molecule has 8 aromatic heterocycles. The molecule has 1 spiro atoms. The second-order valence-electron chi connectivity index (χ2n) is 34.2. The molecule has 0 radical (unpaired) electrons. The van der Waals surface area contributed by atoms with E-state index in [0.29, 0.717) is 182 Å². The van der Waals surface area contributed by atoms with Crippen molar-refractivity contribution in [1.29, 1.82) is 5.26 Å². The first-order valence-corrected chi connectivity index (χ1v) is 49.6. The third kappa shape index (κ3) is 19.6. The van der Waals surface area contributed by atoms with Gasteiger partial charge in [0, 0.05) is 95.7 Å². The van der Waals surface area contributed by atoms with Crippen molar-refractivity contribution in [3.05, 3.63) is 87.3 Å². The van der Waals surface area contributed by atoms with Crippen molar-refractivity contribution in [2.75, 3.05) is 110 Å². The summed E-state index contributed by atoms with van der Waals surface area (Å²) in [5.41, 5.74) is 3.22. The number of nitrogens with zero attached hydrogens (tertiary/aromatic N) is 20. The normalized spacial score (nSPS) is 22.9. The molecule has 10 fully saturated rings. The molecule has 8 aromatic rings. The van der Waals surface area contributed by atoms with E-state index < -0.39 is 45.8 Å². The van der Waals surface area contributed by atoms with Gasteiger partial charge in [0.1, 0.15) is 22.1 Å². The topological polar surface area (TPSA) is 473 Å². The van der Waals surface area contributed by atoms with Crippen LogP contribution in [0, 0.1) is 75.9 Å². The monoisotopic (exact) mass is 1820 g/mol. The average Bonchev–Trinajstić information content (AvgIpc) is 1.70. The summed E-state index contributed by atoms with van der Waals surface area (Å²) in [6.07, 6.45) is 19.6. The Morgan fingerprint density at radius 3 is 1.10 bits per heavy atom. The Kier molecular flexibility index (Phi) is 25.8. The fourth-order valence-corrected chi connectivity index (χ4v) is 22.8. The molecular formula is C76H101Cl4N25O12S4. The SMILES string of the molecule is CCS(=O)(=O)N1CC2(CC(CNc3nc4cnc(Cl)nc4n([C@@H](C)C4CC4)c3=O)C2)C1.CCS(=O)(=O)N1C[C@@H]2C(CNc3nc4cnc(Cl)nc4n([C@@H](C)C4CC4)c3=O)[C@@H]2C1.CCS(=O)(=O)NC1CC(CNc2nc3cnc(Cl)nc3n([C@@H](C)C3CC3)c2=O)C1.C[C@@H](C1CC1)n1c(=O)c(NCC2CCN(S(=O)(=O)CC#N)CC2)nc2cnc(Cl)nc21. The molecule has 5 N–H and O–H groups in total. The first-order valence-electron chi connectivity index (χ1n) is 41.6. The predicted molar refractivity (Wildman–Crippen MR) is 461 cm³/mol. The average molecular weight is 1830 g/mol. The molecule has 10 aliphatic rings. The first-order chi connectivity index (χ1) is 57.6. The standard InChI is InChI=1S/C20H27ClN6O3S.C19H24ClN7O3S.C19H25ClN6O3S.C18H25ClN6O3S/c1-3-31(29,30)26-10-20(11-26)6-13(7-20)8-22-16-18(28)27(12(2)14-4-5-14)17-15(24-16)9-23-19(21)25-17;1-12(14-2-3-14)27-17-15(11-23-19(20)25-17)24-16(18(27)28)22-10-13-4-7-26(8-5-13)31(29,30)9-6-21;1-3-30(28,29)25-8-13-12(14(13)9-25)6-21-16-18(27)26(10(2)11-4-5-11)17-15(23-16)7-22-19(20)24-17;1-3-29(27,28)24-13-6-11(7-13)8-20-15-17(26)25(10(2)12-4-5-12)16-14(22-15)9-21-18(19)23-16/h9,12-14H,3-8,10-11H2,1-2H3,(H,22,24);11-14H,2-5,7-10H2,1H3,(H,22,24);7,10-14H,3-6,8-9H2,1-2H3,(H,21,23);9-13,24H,3-8H2,1-2H3,(H,20,22)/t2*12-;10-,12?,13-,14+;10-,11?,13?/m0000/s1. The lowest BCUT2D eigenvalue weighted by atomic mass is 9.58. The number of anilines is 4. The van der Waals surface area contributed by atoms with E-state index in [1.54, 1.807) is 66.1 Å². The second-order valence-corrected chi connectivity index (χ2v) is 44.1. The largest absolute Gasteiger partial charge is 0.365 e. The maximum absolute atomic E-state index is 13.2. The van der Waals surface area contributed by atoms with Gasteiger partial charge in [0.2, 0.25) is 61.2 Å². The van der Waals surface area contributed by atoms with Gasteiger partial charge in [-0.05, 0) is 249 Å². The van der Waals surface area contributed by atoms with Gasteiger partial charge in [-0.2, -0.15) is 25.2 Å². The Hall–Kier alpha value is -7.63. The van der Waals surface area contributed by atoms with E-state index in [0.717, 1.165) is 77.0 Å². The van der Waals surface area contributed by atoms with Crippen LogP contribution in [-0.2, 0) is 40.1 Å². The molecule has 654 valence electrons. The summed E-state index contributed by atoms with van der Waals surface area (Å²) < 4.78 is 109. The fourth-order valence-electron chi connectivity index (χ4n) is 17.9. The summed E-state index contributed by atoms with van der Waals surface area (Å²) in [4.78, 5) is 104. The number of sulfonamides is 4. The van der Waals surface area contributed by atoms with Crippen LogP contribution < -0.4 is 48.2 Å². The highest BCUT2D eigenvalue weighted by atomic mass is 35.5. The Balaban J connectivity index is 0.000000126. The van der Waals surface area contributed by atoms with Crippen molar-refractivity contribution < 1.29 is 33.7 Å². The lowest BCUT2D eigenvalue weighted by Crippen LogP contribution is -2.64. The van der Waals surface area contributed by atoms with Crippen molar-refractivity contribution in [3.63, 3.8) is 0 Å². The minimum absolute atomic E-state index is 0.0102. The molecule has 0 aromatic carbocycles. The molecule has 121 heavy (non-hydrogen) atoms. The molecule has 45 heteroatoms. The van der Waals surface area contributed by atoms with Gasteiger partial charge in [0.05, 0.1) is 48.1 Å².